The summed E-state index contributed by atoms with van der Waals surface area (Å²) in [5, 5.41) is 0. The molecular weight excluding hydrogens is 198 g/mol. The van der Waals surface area contributed by atoms with Gasteiger partial charge in [-0.15, -0.1) is 0 Å². The number of thiocarbonyl (C=S) groups is 1. The minimum Gasteiger partial charge on any atom is -0.460 e. The summed E-state index contributed by atoms with van der Waals surface area (Å²) < 4.78 is 5.50. The van der Waals surface area contributed by atoms with Crippen molar-refractivity contribution in [1.82, 2.24) is 9.97 Å². The second-order valence-electron chi connectivity index (χ2n) is 3.26. The van der Waals surface area contributed by atoms with Gasteiger partial charge in [-0.2, -0.15) is 4.98 Å². The highest BCUT2D eigenvalue weighted by Gasteiger charge is 2.20. The summed E-state index contributed by atoms with van der Waals surface area (Å²) in [4.78, 5) is 8.36. The molecule has 2 rings (SSSR count). The Bertz CT molecular complexity index is 352. The highest BCUT2D eigenvalue weighted by Crippen LogP contribution is 2.22. The van der Waals surface area contributed by atoms with E-state index >= 15 is 0 Å². The molecule has 4 nitrogen and oxygen atoms in total. The van der Waals surface area contributed by atoms with Crippen LogP contribution in [-0.2, 0) is 0 Å². The summed E-state index contributed by atoms with van der Waals surface area (Å²) in [7, 11) is 0. The van der Waals surface area contributed by atoms with Crippen molar-refractivity contribution in [3.63, 3.8) is 0 Å². The van der Waals surface area contributed by atoms with E-state index < -0.39 is 0 Å². The van der Waals surface area contributed by atoms with E-state index in [-0.39, 0.29) is 11.1 Å². The Morgan fingerprint density at radius 3 is 2.93 bits per heavy atom. The number of hydrogen-bond donors (Lipinski definition) is 1. The highest BCUT2D eigenvalue weighted by molar-refractivity contribution is 7.80. The van der Waals surface area contributed by atoms with Gasteiger partial charge in [0.1, 0.15) is 16.8 Å². The molecule has 1 aromatic heterocycles. The van der Waals surface area contributed by atoms with Gasteiger partial charge in [0.05, 0.1) is 0 Å². The molecule has 0 spiro atoms. The van der Waals surface area contributed by atoms with Gasteiger partial charge in [0.2, 0.25) is 0 Å². The lowest BCUT2D eigenvalue weighted by atomic mass is 9.96. The Labute approximate surface area is 87.5 Å². The van der Waals surface area contributed by atoms with Crippen LogP contribution in [0.1, 0.15) is 25.0 Å². The molecule has 0 unspecified atom stereocenters. The summed E-state index contributed by atoms with van der Waals surface area (Å²) in [6.07, 6.45) is 5.27. The van der Waals surface area contributed by atoms with Crippen LogP contribution in [0, 0.1) is 0 Å². The SMILES string of the molecule is NC(=S)c1ccnc(OC2CCC2)n1. The first kappa shape index (κ1) is 9.33. The molecule has 1 heterocycles. The van der Waals surface area contributed by atoms with Gasteiger partial charge in [-0.3, -0.25) is 0 Å². The number of hydrogen-bond acceptors (Lipinski definition) is 4. The normalized spacial score (nSPS) is 16.0. The van der Waals surface area contributed by atoms with Crippen LogP contribution in [0.15, 0.2) is 12.3 Å². The van der Waals surface area contributed by atoms with E-state index in [1.807, 2.05) is 0 Å². The molecule has 0 amide bonds. The quantitative estimate of drug-likeness (QED) is 0.754. The van der Waals surface area contributed by atoms with Crippen LogP contribution in [0.3, 0.4) is 0 Å². The third-order valence-corrected chi connectivity index (χ3v) is 2.42. The Kier molecular flexibility index (Phi) is 2.58. The zero-order valence-corrected chi connectivity index (χ0v) is 8.46. The minimum atomic E-state index is 0.269. The maximum Gasteiger partial charge on any atom is 0.317 e. The topological polar surface area (TPSA) is 61.0 Å². The fraction of sp³-hybridized carbons (Fsp3) is 0.444. The van der Waals surface area contributed by atoms with Gasteiger partial charge in [-0.05, 0) is 25.3 Å². The van der Waals surface area contributed by atoms with E-state index in [4.69, 9.17) is 22.7 Å². The van der Waals surface area contributed by atoms with Crippen molar-refractivity contribution >= 4 is 17.2 Å². The monoisotopic (exact) mass is 209 g/mol. The second kappa shape index (κ2) is 3.88. The first-order valence-electron chi connectivity index (χ1n) is 4.55. The van der Waals surface area contributed by atoms with Gasteiger partial charge in [-0.1, -0.05) is 12.2 Å². The molecule has 0 saturated heterocycles. The average Bonchev–Trinajstić information content (AvgIpc) is 2.12. The maximum absolute atomic E-state index is 5.50. The van der Waals surface area contributed by atoms with Crippen molar-refractivity contribution in [3.05, 3.63) is 18.0 Å². The van der Waals surface area contributed by atoms with Gasteiger partial charge in [0.25, 0.3) is 0 Å². The van der Waals surface area contributed by atoms with Gasteiger partial charge in [0, 0.05) is 6.20 Å². The molecule has 0 atom stereocenters. The molecule has 0 bridgehead atoms. The van der Waals surface area contributed by atoms with E-state index in [1.165, 1.54) is 6.42 Å². The number of nitrogens with zero attached hydrogens (tertiary/aromatic N) is 2. The van der Waals surface area contributed by atoms with Crippen LogP contribution in [0.2, 0.25) is 0 Å². The highest BCUT2D eigenvalue weighted by atomic mass is 32.1. The first-order chi connectivity index (χ1) is 6.75. The standard InChI is InChI=1S/C9H11N3OS/c10-8(14)7-4-5-11-9(12-7)13-6-2-1-3-6/h4-6H,1-3H2,(H2,10,14). The van der Waals surface area contributed by atoms with Crippen LogP contribution in [0.25, 0.3) is 0 Å². The van der Waals surface area contributed by atoms with Crippen LogP contribution >= 0.6 is 12.2 Å². The summed E-state index contributed by atoms with van der Waals surface area (Å²) >= 11 is 4.81. The Hall–Kier alpha value is -1.23. The van der Waals surface area contributed by atoms with Gasteiger partial charge in [0.15, 0.2) is 0 Å². The summed E-state index contributed by atoms with van der Waals surface area (Å²) in [5.41, 5.74) is 6.01. The predicted octanol–water partition coefficient (Wildman–Crippen LogP) is 1.04. The van der Waals surface area contributed by atoms with E-state index in [1.54, 1.807) is 12.3 Å². The van der Waals surface area contributed by atoms with Crippen LogP contribution in [-0.4, -0.2) is 21.1 Å². The van der Waals surface area contributed by atoms with E-state index in [9.17, 15) is 0 Å². The molecule has 1 fully saturated rings. The Balaban J connectivity index is 2.09. The van der Waals surface area contributed by atoms with Gasteiger partial charge < -0.3 is 10.5 Å². The van der Waals surface area contributed by atoms with Crippen molar-refractivity contribution in [2.24, 2.45) is 5.73 Å². The minimum absolute atomic E-state index is 0.269. The fourth-order valence-corrected chi connectivity index (χ4v) is 1.29. The Morgan fingerprint density at radius 2 is 2.36 bits per heavy atom. The summed E-state index contributed by atoms with van der Waals surface area (Å²) in [5.74, 6) is 0. The lowest BCUT2D eigenvalue weighted by molar-refractivity contribution is 0.108. The van der Waals surface area contributed by atoms with Gasteiger partial charge >= 0.3 is 6.01 Å². The van der Waals surface area contributed by atoms with Crippen molar-refractivity contribution in [1.29, 1.82) is 0 Å². The van der Waals surface area contributed by atoms with E-state index in [0.717, 1.165) is 12.8 Å². The maximum atomic E-state index is 5.50. The zero-order valence-electron chi connectivity index (χ0n) is 7.64. The molecule has 5 heteroatoms. The van der Waals surface area contributed by atoms with E-state index in [0.29, 0.717) is 11.7 Å². The van der Waals surface area contributed by atoms with Crippen molar-refractivity contribution < 1.29 is 4.74 Å². The average molecular weight is 209 g/mol. The number of rotatable bonds is 3. The molecule has 74 valence electrons. The molecule has 2 N–H and O–H groups in total. The summed E-state index contributed by atoms with van der Waals surface area (Å²) in [6.45, 7) is 0. The molecule has 0 radical (unpaired) electrons. The molecular formula is C9H11N3OS. The Morgan fingerprint density at radius 1 is 1.57 bits per heavy atom. The first-order valence-corrected chi connectivity index (χ1v) is 4.96. The molecule has 0 aliphatic heterocycles. The smallest absolute Gasteiger partial charge is 0.317 e. The van der Waals surface area contributed by atoms with E-state index in [2.05, 4.69) is 9.97 Å². The van der Waals surface area contributed by atoms with Crippen LogP contribution in [0.5, 0.6) is 6.01 Å². The largest absolute Gasteiger partial charge is 0.460 e. The molecule has 14 heavy (non-hydrogen) atoms. The molecule has 0 aromatic carbocycles. The van der Waals surface area contributed by atoms with Gasteiger partial charge in [-0.25, -0.2) is 4.98 Å². The molecule has 1 aromatic rings. The molecule has 1 aliphatic carbocycles. The van der Waals surface area contributed by atoms with Crippen molar-refractivity contribution in [2.45, 2.75) is 25.4 Å². The third-order valence-electron chi connectivity index (χ3n) is 2.21. The molecule has 1 saturated carbocycles. The number of nitrogens with two attached hydrogens (primary N) is 1. The lowest BCUT2D eigenvalue weighted by Crippen LogP contribution is -2.26. The lowest BCUT2D eigenvalue weighted by Gasteiger charge is -2.24. The predicted molar refractivity (Wildman–Crippen MR) is 56.2 cm³/mol. The van der Waals surface area contributed by atoms with Crippen molar-refractivity contribution in [3.8, 4) is 6.01 Å². The second-order valence-corrected chi connectivity index (χ2v) is 3.70. The van der Waals surface area contributed by atoms with Crippen LogP contribution < -0.4 is 10.5 Å². The molecule has 1 aliphatic rings. The number of ether oxygens (including phenoxy) is 1. The van der Waals surface area contributed by atoms with Crippen LogP contribution in [0.4, 0.5) is 0 Å². The summed E-state index contributed by atoms with van der Waals surface area (Å²) in [6, 6.07) is 2.05. The number of aromatic nitrogens is 2. The fourth-order valence-electron chi connectivity index (χ4n) is 1.17. The van der Waals surface area contributed by atoms with Crippen molar-refractivity contribution in [2.75, 3.05) is 0 Å². The zero-order chi connectivity index (χ0) is 9.97. The third kappa shape index (κ3) is 1.98.